The third kappa shape index (κ3) is 4.43. The number of anilines is 2. The van der Waals surface area contributed by atoms with Crippen LogP contribution in [-0.2, 0) is 12.7 Å². The van der Waals surface area contributed by atoms with Crippen molar-refractivity contribution in [1.29, 1.82) is 0 Å². The molecule has 0 atom stereocenters. The molecule has 0 bridgehead atoms. The van der Waals surface area contributed by atoms with Crippen LogP contribution in [0.15, 0.2) is 59.6 Å². The summed E-state index contributed by atoms with van der Waals surface area (Å²) in [6, 6.07) is 8.04. The van der Waals surface area contributed by atoms with Crippen molar-refractivity contribution in [2.45, 2.75) is 12.7 Å². The summed E-state index contributed by atoms with van der Waals surface area (Å²) in [6.07, 6.45) is -0.274. The average Bonchev–Trinajstić information content (AvgIpc) is 3.15. The Morgan fingerprint density at radius 1 is 1.13 bits per heavy atom. The highest BCUT2D eigenvalue weighted by Crippen LogP contribution is 2.32. The fourth-order valence-electron chi connectivity index (χ4n) is 2.92. The molecule has 0 saturated heterocycles. The Hall–Kier alpha value is -3.66. The van der Waals surface area contributed by atoms with Crippen molar-refractivity contribution in [2.24, 2.45) is 0 Å². The summed E-state index contributed by atoms with van der Waals surface area (Å²) in [7, 11) is 0. The van der Waals surface area contributed by atoms with Crippen LogP contribution < -0.4 is 10.6 Å². The van der Waals surface area contributed by atoms with Crippen molar-refractivity contribution in [3.63, 3.8) is 0 Å². The zero-order chi connectivity index (χ0) is 22.0. The van der Waals surface area contributed by atoms with E-state index in [9.17, 15) is 18.0 Å². The van der Waals surface area contributed by atoms with Crippen molar-refractivity contribution in [1.82, 2.24) is 15.1 Å². The van der Waals surface area contributed by atoms with Crippen molar-refractivity contribution < 1.29 is 22.5 Å². The van der Waals surface area contributed by atoms with Gasteiger partial charge < -0.3 is 15.2 Å². The largest absolute Gasteiger partial charge is 0.416 e. The van der Waals surface area contributed by atoms with Gasteiger partial charge in [0.1, 0.15) is 11.9 Å². The van der Waals surface area contributed by atoms with Gasteiger partial charge in [0.25, 0.3) is 5.91 Å². The van der Waals surface area contributed by atoms with E-state index in [0.717, 1.165) is 12.1 Å². The number of halogens is 4. The van der Waals surface area contributed by atoms with Crippen LogP contribution in [0, 0.1) is 0 Å². The van der Waals surface area contributed by atoms with E-state index >= 15 is 0 Å². The van der Waals surface area contributed by atoms with Crippen LogP contribution in [0.3, 0.4) is 0 Å². The molecule has 2 aromatic heterocycles. The average molecular weight is 448 g/mol. The molecule has 0 aliphatic rings. The minimum absolute atomic E-state index is 0.0580. The van der Waals surface area contributed by atoms with Crippen LogP contribution in [0.4, 0.5) is 24.7 Å². The molecule has 4 rings (SSSR count). The number of hydrogen-bond acceptors (Lipinski definition) is 6. The van der Waals surface area contributed by atoms with Gasteiger partial charge in [0.2, 0.25) is 0 Å². The molecule has 1 amide bonds. The van der Waals surface area contributed by atoms with Crippen LogP contribution in [0.1, 0.15) is 21.5 Å². The smallest absolute Gasteiger partial charge is 0.363 e. The standard InChI is InChI=1S/C20H13ClF3N5O2/c21-15-5-4-14-17(16(15)19(30)28-13-8-25-10-26-9-13)31-29-18(14)27-7-11-2-1-3-12(6-11)20(22,23)24/h1-6,8-10H,7H2,(H,27,29)(H,28,30). The summed E-state index contributed by atoms with van der Waals surface area (Å²) < 4.78 is 44.0. The Kier molecular flexibility index (Phi) is 5.47. The molecule has 0 saturated carbocycles. The van der Waals surface area contributed by atoms with Crippen LogP contribution in [-0.4, -0.2) is 21.0 Å². The van der Waals surface area contributed by atoms with Crippen molar-refractivity contribution in [3.8, 4) is 0 Å². The van der Waals surface area contributed by atoms with E-state index in [-0.39, 0.29) is 28.5 Å². The first kappa shape index (κ1) is 20.6. The lowest BCUT2D eigenvalue weighted by Gasteiger charge is -2.09. The molecule has 0 radical (unpaired) electrons. The number of fused-ring (bicyclic) bond motifs is 1. The highest BCUT2D eigenvalue weighted by molar-refractivity contribution is 6.36. The van der Waals surface area contributed by atoms with E-state index in [2.05, 4.69) is 25.8 Å². The van der Waals surface area contributed by atoms with E-state index in [0.29, 0.717) is 16.6 Å². The third-order valence-corrected chi connectivity index (χ3v) is 4.66. The van der Waals surface area contributed by atoms with Gasteiger partial charge in [-0.1, -0.05) is 28.9 Å². The van der Waals surface area contributed by atoms with Gasteiger partial charge in [-0.05, 0) is 29.8 Å². The highest BCUT2D eigenvalue weighted by atomic mass is 35.5. The van der Waals surface area contributed by atoms with Gasteiger partial charge in [-0.25, -0.2) is 9.97 Å². The number of rotatable bonds is 5. The van der Waals surface area contributed by atoms with Crippen molar-refractivity contribution in [2.75, 3.05) is 10.6 Å². The molecule has 4 aromatic rings. The zero-order valence-corrected chi connectivity index (χ0v) is 16.3. The lowest BCUT2D eigenvalue weighted by atomic mass is 10.1. The third-order valence-electron chi connectivity index (χ3n) is 4.35. The molecule has 2 heterocycles. The van der Waals surface area contributed by atoms with Gasteiger partial charge in [0, 0.05) is 6.54 Å². The quantitative estimate of drug-likeness (QED) is 0.439. The first-order chi connectivity index (χ1) is 14.8. The number of carbonyl (C=O) groups is 1. The lowest BCUT2D eigenvalue weighted by Crippen LogP contribution is -2.13. The molecular weight excluding hydrogens is 435 g/mol. The van der Waals surface area contributed by atoms with Gasteiger partial charge >= 0.3 is 6.18 Å². The number of alkyl halides is 3. The monoisotopic (exact) mass is 447 g/mol. The second-order valence-electron chi connectivity index (χ2n) is 6.46. The maximum atomic E-state index is 12.9. The maximum Gasteiger partial charge on any atom is 0.416 e. The minimum atomic E-state index is -4.43. The Bertz CT molecular complexity index is 1240. The van der Waals surface area contributed by atoms with Gasteiger partial charge in [-0.3, -0.25) is 4.79 Å². The number of carbonyl (C=O) groups excluding carboxylic acids is 1. The van der Waals surface area contributed by atoms with E-state index in [1.807, 2.05) is 0 Å². The summed E-state index contributed by atoms with van der Waals surface area (Å²) >= 11 is 6.20. The Morgan fingerprint density at radius 2 is 1.90 bits per heavy atom. The Labute approximate surface area is 178 Å². The van der Waals surface area contributed by atoms with Crippen molar-refractivity contribution in [3.05, 3.63) is 76.8 Å². The Morgan fingerprint density at radius 3 is 2.65 bits per heavy atom. The zero-order valence-electron chi connectivity index (χ0n) is 15.6. The fourth-order valence-corrected chi connectivity index (χ4v) is 3.15. The molecule has 7 nitrogen and oxygen atoms in total. The molecular formula is C20H13ClF3N5O2. The summed E-state index contributed by atoms with van der Waals surface area (Å²) in [5.41, 5.74) is 0.216. The fraction of sp³-hybridized carbons (Fsp3) is 0.100. The highest BCUT2D eigenvalue weighted by Gasteiger charge is 2.30. The molecule has 158 valence electrons. The van der Waals surface area contributed by atoms with Crippen LogP contribution >= 0.6 is 11.6 Å². The number of hydrogen-bond donors (Lipinski definition) is 2. The number of nitrogens with zero attached hydrogens (tertiary/aromatic N) is 3. The predicted octanol–water partition coefficient (Wildman–Crippen LogP) is 5.15. The van der Waals surface area contributed by atoms with Crippen LogP contribution in [0.25, 0.3) is 11.0 Å². The molecule has 0 unspecified atom stereocenters. The van der Waals surface area contributed by atoms with Gasteiger partial charge in [-0.15, -0.1) is 0 Å². The summed E-state index contributed by atoms with van der Waals surface area (Å²) in [5.74, 6) is -0.285. The summed E-state index contributed by atoms with van der Waals surface area (Å²) in [5, 5.41) is 10.0. The molecule has 11 heteroatoms. The molecule has 0 aliphatic carbocycles. The molecule has 31 heavy (non-hydrogen) atoms. The van der Waals surface area contributed by atoms with Gasteiger partial charge in [0.05, 0.1) is 34.1 Å². The number of nitrogens with one attached hydrogen (secondary N) is 2. The van der Waals surface area contributed by atoms with Crippen LogP contribution in [0.2, 0.25) is 5.02 Å². The number of aromatic nitrogens is 3. The predicted molar refractivity (Wildman–Crippen MR) is 108 cm³/mol. The van der Waals surface area contributed by atoms with Crippen molar-refractivity contribution >= 4 is 40.0 Å². The van der Waals surface area contributed by atoms with E-state index in [1.54, 1.807) is 12.1 Å². The molecule has 0 fully saturated rings. The van der Waals surface area contributed by atoms with Gasteiger partial charge in [-0.2, -0.15) is 13.2 Å². The molecule has 0 aliphatic heterocycles. The first-order valence-electron chi connectivity index (χ1n) is 8.87. The first-order valence-corrected chi connectivity index (χ1v) is 9.25. The second-order valence-corrected chi connectivity index (χ2v) is 6.87. The van der Waals surface area contributed by atoms with E-state index in [4.69, 9.17) is 16.1 Å². The Balaban J connectivity index is 1.59. The van der Waals surface area contributed by atoms with Gasteiger partial charge in [0.15, 0.2) is 11.4 Å². The second kappa shape index (κ2) is 8.23. The number of benzene rings is 2. The number of amides is 1. The lowest BCUT2D eigenvalue weighted by molar-refractivity contribution is -0.137. The molecule has 2 N–H and O–H groups in total. The normalized spacial score (nSPS) is 11.5. The maximum absolute atomic E-state index is 12.9. The topological polar surface area (TPSA) is 92.9 Å². The minimum Gasteiger partial charge on any atom is -0.363 e. The molecule has 2 aromatic carbocycles. The SMILES string of the molecule is O=C(Nc1cncnc1)c1c(Cl)ccc2c(NCc3cccc(C(F)(F)F)c3)noc12. The molecule has 0 spiro atoms. The van der Waals surface area contributed by atoms with E-state index < -0.39 is 17.6 Å². The van der Waals surface area contributed by atoms with E-state index in [1.165, 1.54) is 30.9 Å². The van der Waals surface area contributed by atoms with Crippen LogP contribution in [0.5, 0.6) is 0 Å². The summed E-state index contributed by atoms with van der Waals surface area (Å²) in [6.45, 7) is 0.0665. The summed E-state index contributed by atoms with van der Waals surface area (Å²) in [4.78, 5) is 20.3.